The van der Waals surface area contributed by atoms with Crippen LogP contribution in [0.4, 0.5) is 10.3 Å². The van der Waals surface area contributed by atoms with Gasteiger partial charge >= 0.3 is 0 Å². The lowest BCUT2D eigenvalue weighted by Gasteiger charge is -2.06. The summed E-state index contributed by atoms with van der Waals surface area (Å²) < 4.78 is 15.2. The summed E-state index contributed by atoms with van der Waals surface area (Å²) in [5, 5.41) is 0.0695. The van der Waals surface area contributed by atoms with Crippen LogP contribution in [0.15, 0.2) is 36.7 Å². The summed E-state index contributed by atoms with van der Waals surface area (Å²) in [6.07, 6.45) is 4.30. The lowest BCUT2D eigenvalue weighted by Crippen LogP contribution is -2.05. The molecule has 6 heteroatoms. The Morgan fingerprint density at radius 3 is 2.95 bits per heavy atom. The Labute approximate surface area is 120 Å². The fraction of sp³-hybridized carbons (Fsp3) is 0.143. The molecule has 102 valence electrons. The van der Waals surface area contributed by atoms with Gasteiger partial charge in [0, 0.05) is 25.0 Å². The number of imidazole rings is 1. The van der Waals surface area contributed by atoms with E-state index in [4.69, 9.17) is 17.3 Å². The molecule has 0 bridgehead atoms. The summed E-state index contributed by atoms with van der Waals surface area (Å²) in [4.78, 5) is 8.22. The van der Waals surface area contributed by atoms with Crippen LogP contribution in [0.5, 0.6) is 0 Å². The number of benzene rings is 1. The molecule has 0 radical (unpaired) electrons. The second-order valence-corrected chi connectivity index (χ2v) is 4.90. The zero-order chi connectivity index (χ0) is 14.1. The van der Waals surface area contributed by atoms with Crippen molar-refractivity contribution in [1.29, 1.82) is 0 Å². The summed E-state index contributed by atoms with van der Waals surface area (Å²) in [5.74, 6) is -0.137. The van der Waals surface area contributed by atoms with Crippen LogP contribution in [0, 0.1) is 5.82 Å². The van der Waals surface area contributed by atoms with Crippen LogP contribution >= 0.6 is 11.6 Å². The third-order valence-electron chi connectivity index (χ3n) is 3.17. The van der Waals surface area contributed by atoms with E-state index in [1.807, 2.05) is 22.9 Å². The molecule has 2 aromatic heterocycles. The van der Waals surface area contributed by atoms with E-state index in [9.17, 15) is 4.39 Å². The van der Waals surface area contributed by atoms with Crippen molar-refractivity contribution in [2.45, 2.75) is 13.0 Å². The van der Waals surface area contributed by atoms with Crippen molar-refractivity contribution in [2.24, 2.45) is 0 Å². The van der Waals surface area contributed by atoms with Gasteiger partial charge in [0.05, 0.1) is 16.1 Å². The minimum atomic E-state index is -0.490. The van der Waals surface area contributed by atoms with Gasteiger partial charge in [0.15, 0.2) is 0 Å². The van der Waals surface area contributed by atoms with Gasteiger partial charge in [-0.25, -0.2) is 9.37 Å². The van der Waals surface area contributed by atoms with Gasteiger partial charge in [-0.15, -0.1) is 0 Å². The van der Waals surface area contributed by atoms with Crippen molar-refractivity contribution < 1.29 is 4.39 Å². The number of hydrogen-bond donors (Lipinski definition) is 1. The van der Waals surface area contributed by atoms with E-state index >= 15 is 0 Å². The van der Waals surface area contributed by atoms with Crippen LogP contribution in [0.25, 0.3) is 11.0 Å². The number of anilines is 1. The zero-order valence-corrected chi connectivity index (χ0v) is 11.3. The molecule has 0 fully saturated rings. The zero-order valence-electron chi connectivity index (χ0n) is 10.6. The Morgan fingerprint density at radius 1 is 1.35 bits per heavy atom. The lowest BCUT2D eigenvalue weighted by molar-refractivity contribution is 0.629. The highest BCUT2D eigenvalue weighted by atomic mass is 35.5. The molecular weight excluding hydrogens is 279 g/mol. The van der Waals surface area contributed by atoms with Gasteiger partial charge < -0.3 is 10.3 Å². The molecule has 3 rings (SSSR count). The lowest BCUT2D eigenvalue weighted by atomic mass is 10.2. The number of pyridine rings is 1. The molecule has 0 aliphatic rings. The van der Waals surface area contributed by atoms with Gasteiger partial charge in [-0.05, 0) is 24.1 Å². The molecule has 0 spiro atoms. The third kappa shape index (κ3) is 2.32. The summed E-state index contributed by atoms with van der Waals surface area (Å²) in [6, 6.07) is 6.74. The second kappa shape index (κ2) is 5.09. The molecule has 0 aliphatic carbocycles. The quantitative estimate of drug-likeness (QED) is 0.806. The van der Waals surface area contributed by atoms with Crippen LogP contribution in [-0.2, 0) is 13.0 Å². The van der Waals surface area contributed by atoms with E-state index in [1.54, 1.807) is 12.3 Å². The molecule has 0 aliphatic heterocycles. The molecule has 20 heavy (non-hydrogen) atoms. The first-order chi connectivity index (χ1) is 9.65. The summed E-state index contributed by atoms with van der Waals surface area (Å²) in [7, 11) is 0. The highest BCUT2D eigenvalue weighted by Gasteiger charge is 2.11. The summed E-state index contributed by atoms with van der Waals surface area (Å²) in [6.45, 7) is 0.635. The molecule has 0 saturated carbocycles. The van der Waals surface area contributed by atoms with E-state index in [1.165, 1.54) is 6.07 Å². The first-order valence-electron chi connectivity index (χ1n) is 6.15. The molecule has 0 atom stereocenters. The smallest absolute Gasteiger partial charge is 0.201 e. The topological polar surface area (TPSA) is 56.7 Å². The van der Waals surface area contributed by atoms with E-state index in [0.29, 0.717) is 18.0 Å². The highest BCUT2D eigenvalue weighted by Crippen LogP contribution is 2.25. The number of fused-ring (bicyclic) bond motifs is 1. The number of aromatic nitrogens is 3. The number of nitrogens with two attached hydrogens (primary N) is 1. The van der Waals surface area contributed by atoms with Crippen molar-refractivity contribution >= 4 is 28.6 Å². The molecule has 0 amide bonds. The average molecular weight is 291 g/mol. The fourth-order valence-corrected chi connectivity index (χ4v) is 2.32. The van der Waals surface area contributed by atoms with Crippen molar-refractivity contribution in [1.82, 2.24) is 14.5 Å². The Kier molecular flexibility index (Phi) is 3.28. The van der Waals surface area contributed by atoms with Gasteiger partial charge in [-0.1, -0.05) is 17.7 Å². The van der Waals surface area contributed by atoms with Gasteiger partial charge in [0.2, 0.25) is 5.95 Å². The van der Waals surface area contributed by atoms with Crippen LogP contribution in [0.3, 0.4) is 0 Å². The molecule has 2 heterocycles. The maximum Gasteiger partial charge on any atom is 0.201 e. The Morgan fingerprint density at radius 2 is 2.20 bits per heavy atom. The Bertz CT molecular complexity index is 755. The molecule has 0 unspecified atom stereocenters. The first-order valence-corrected chi connectivity index (χ1v) is 6.52. The van der Waals surface area contributed by atoms with Gasteiger partial charge in [-0.3, -0.25) is 4.98 Å². The average Bonchev–Trinajstić information content (AvgIpc) is 2.73. The van der Waals surface area contributed by atoms with Crippen LogP contribution < -0.4 is 5.73 Å². The number of rotatable bonds is 3. The summed E-state index contributed by atoms with van der Waals surface area (Å²) in [5.41, 5.74) is 8.23. The molecule has 4 nitrogen and oxygen atoms in total. The molecule has 2 N–H and O–H groups in total. The fourth-order valence-electron chi connectivity index (χ4n) is 2.16. The standard InChI is InChI=1S/C14H12ClFN4/c15-10-6-13-12(7-11(10)16)19-14(17)20(13)5-3-9-2-1-4-18-8-9/h1-2,4,6-8H,3,5H2,(H2,17,19). The number of hydrogen-bond acceptors (Lipinski definition) is 3. The van der Waals surface area contributed by atoms with Crippen molar-refractivity contribution in [2.75, 3.05) is 5.73 Å². The number of aryl methyl sites for hydroxylation is 2. The van der Waals surface area contributed by atoms with Crippen LogP contribution in [0.2, 0.25) is 5.02 Å². The van der Waals surface area contributed by atoms with Crippen molar-refractivity contribution in [3.63, 3.8) is 0 Å². The number of halogens is 2. The second-order valence-electron chi connectivity index (χ2n) is 4.49. The minimum absolute atomic E-state index is 0.0695. The predicted octanol–water partition coefficient (Wildman–Crippen LogP) is 3.05. The molecule has 0 saturated heterocycles. The Balaban J connectivity index is 1.95. The van der Waals surface area contributed by atoms with E-state index in [-0.39, 0.29) is 5.02 Å². The van der Waals surface area contributed by atoms with Gasteiger partial charge in [-0.2, -0.15) is 0 Å². The molecular formula is C14H12ClFN4. The van der Waals surface area contributed by atoms with E-state index in [0.717, 1.165) is 17.5 Å². The maximum atomic E-state index is 13.4. The minimum Gasteiger partial charge on any atom is -0.369 e. The number of nitrogens with zero attached hydrogens (tertiary/aromatic N) is 3. The third-order valence-corrected chi connectivity index (χ3v) is 3.46. The maximum absolute atomic E-state index is 13.4. The highest BCUT2D eigenvalue weighted by molar-refractivity contribution is 6.31. The first kappa shape index (κ1) is 12.9. The SMILES string of the molecule is Nc1nc2cc(F)c(Cl)cc2n1CCc1cccnc1. The normalized spacial score (nSPS) is 11.1. The number of nitrogen functional groups attached to an aromatic ring is 1. The molecule has 1 aromatic carbocycles. The van der Waals surface area contributed by atoms with Crippen molar-refractivity contribution in [3.05, 3.63) is 53.1 Å². The van der Waals surface area contributed by atoms with E-state index < -0.39 is 5.82 Å². The predicted molar refractivity (Wildman–Crippen MR) is 77.1 cm³/mol. The summed E-state index contributed by atoms with van der Waals surface area (Å²) >= 11 is 5.82. The van der Waals surface area contributed by atoms with E-state index in [2.05, 4.69) is 9.97 Å². The van der Waals surface area contributed by atoms with Crippen LogP contribution in [0.1, 0.15) is 5.56 Å². The Hall–Kier alpha value is -2.14. The van der Waals surface area contributed by atoms with Crippen LogP contribution in [-0.4, -0.2) is 14.5 Å². The monoisotopic (exact) mass is 290 g/mol. The van der Waals surface area contributed by atoms with Crippen molar-refractivity contribution in [3.8, 4) is 0 Å². The van der Waals surface area contributed by atoms with Gasteiger partial charge in [0.1, 0.15) is 5.82 Å². The largest absolute Gasteiger partial charge is 0.369 e. The molecule has 3 aromatic rings. The van der Waals surface area contributed by atoms with Gasteiger partial charge in [0.25, 0.3) is 0 Å².